The quantitative estimate of drug-likeness (QED) is 0.760. The van der Waals surface area contributed by atoms with Crippen LogP contribution in [0.4, 0.5) is 13.2 Å². The number of alkyl halides is 3. The molecule has 0 saturated carbocycles. The Morgan fingerprint density at radius 3 is 2.52 bits per heavy atom. The maximum Gasteiger partial charge on any atom is 0.573 e. The van der Waals surface area contributed by atoms with Crippen LogP contribution in [0.2, 0.25) is 0 Å². The summed E-state index contributed by atoms with van der Waals surface area (Å²) in [6, 6.07) is 6.02. The number of carboxylic acids is 1. The van der Waals surface area contributed by atoms with E-state index in [1.54, 1.807) is 12.1 Å². The molecule has 0 radical (unpaired) electrons. The molecule has 0 heterocycles. The number of hydrogen-bond donors (Lipinski definition) is 2. The van der Waals surface area contributed by atoms with E-state index in [2.05, 4.69) is 4.74 Å². The highest BCUT2D eigenvalue weighted by atomic mass is 19.4. The van der Waals surface area contributed by atoms with Crippen LogP contribution in [0.5, 0.6) is 5.75 Å². The number of carboxylic acid groups (broad SMARTS) is 1. The summed E-state index contributed by atoms with van der Waals surface area (Å²) in [6.45, 7) is 3.34. The second kappa shape index (κ2) is 7.68. The molecule has 23 heavy (non-hydrogen) atoms. The van der Waals surface area contributed by atoms with Gasteiger partial charge >= 0.3 is 12.3 Å². The number of benzene rings is 1. The van der Waals surface area contributed by atoms with Crippen molar-refractivity contribution >= 4 is 5.97 Å². The summed E-state index contributed by atoms with van der Waals surface area (Å²) in [6.07, 6.45) is -2.70. The van der Waals surface area contributed by atoms with Crippen molar-refractivity contribution < 1.29 is 27.8 Å². The molecule has 0 aliphatic carbocycles. The van der Waals surface area contributed by atoms with Crippen molar-refractivity contribution in [2.45, 2.75) is 51.4 Å². The average molecular weight is 333 g/mol. The summed E-state index contributed by atoms with van der Waals surface area (Å²) >= 11 is 0. The van der Waals surface area contributed by atoms with Crippen molar-refractivity contribution in [1.29, 1.82) is 0 Å². The number of ether oxygens (including phenoxy) is 1. The van der Waals surface area contributed by atoms with Crippen LogP contribution in [0, 0.1) is 5.92 Å². The zero-order valence-electron chi connectivity index (χ0n) is 13.2. The molecule has 0 fully saturated rings. The lowest BCUT2D eigenvalue weighted by Gasteiger charge is -2.23. The van der Waals surface area contributed by atoms with Gasteiger partial charge in [0.1, 0.15) is 11.3 Å². The van der Waals surface area contributed by atoms with Crippen LogP contribution in [-0.4, -0.2) is 23.0 Å². The minimum atomic E-state index is -4.72. The van der Waals surface area contributed by atoms with Gasteiger partial charge in [-0.1, -0.05) is 31.5 Å². The Morgan fingerprint density at radius 1 is 1.35 bits per heavy atom. The van der Waals surface area contributed by atoms with Crippen LogP contribution < -0.4 is 10.5 Å². The zero-order chi connectivity index (χ0) is 17.7. The molecule has 1 aromatic carbocycles. The van der Waals surface area contributed by atoms with Crippen LogP contribution in [0.1, 0.15) is 38.7 Å². The molecule has 1 aromatic rings. The predicted molar refractivity (Wildman–Crippen MR) is 80.1 cm³/mol. The molecule has 1 rings (SSSR count). The monoisotopic (exact) mass is 333 g/mol. The summed E-state index contributed by atoms with van der Waals surface area (Å²) in [5, 5.41) is 8.99. The fourth-order valence-electron chi connectivity index (χ4n) is 2.49. The third-order valence-corrected chi connectivity index (χ3v) is 3.60. The highest BCUT2D eigenvalue weighted by Crippen LogP contribution is 2.28. The molecule has 2 atom stereocenters. The molecular formula is C16H22F3NO3. The smallest absolute Gasteiger partial charge is 0.480 e. The summed E-state index contributed by atoms with van der Waals surface area (Å²) in [5.41, 5.74) is 4.87. The fourth-order valence-corrected chi connectivity index (χ4v) is 2.49. The average Bonchev–Trinajstić information content (AvgIpc) is 2.38. The van der Waals surface area contributed by atoms with Crippen LogP contribution in [-0.2, 0) is 11.2 Å². The highest BCUT2D eigenvalue weighted by molar-refractivity contribution is 5.77. The second-order valence-electron chi connectivity index (χ2n) is 6.08. The fraction of sp³-hybridized carbons (Fsp3) is 0.562. The Hall–Kier alpha value is -1.76. The number of nitrogens with two attached hydrogens (primary N) is 1. The molecule has 0 aliphatic rings. The molecule has 2 unspecified atom stereocenters. The van der Waals surface area contributed by atoms with E-state index in [-0.39, 0.29) is 11.7 Å². The van der Waals surface area contributed by atoms with Crippen molar-refractivity contribution in [3.05, 3.63) is 29.8 Å². The topological polar surface area (TPSA) is 72.5 Å². The molecule has 0 aromatic heterocycles. The van der Waals surface area contributed by atoms with E-state index in [0.717, 1.165) is 0 Å². The van der Waals surface area contributed by atoms with E-state index < -0.39 is 17.9 Å². The summed E-state index contributed by atoms with van der Waals surface area (Å²) in [5.74, 6) is -1.20. The molecule has 0 saturated heterocycles. The first-order valence-corrected chi connectivity index (χ1v) is 7.37. The maximum atomic E-state index is 12.3. The largest absolute Gasteiger partial charge is 0.573 e. The number of para-hydroxylation sites is 1. The molecular weight excluding hydrogens is 311 g/mol. The Labute approximate surface area is 133 Å². The molecule has 0 amide bonds. The lowest BCUT2D eigenvalue weighted by molar-refractivity contribution is -0.274. The molecule has 130 valence electrons. The maximum absolute atomic E-state index is 12.3. The van der Waals surface area contributed by atoms with Crippen molar-refractivity contribution in [2.24, 2.45) is 11.7 Å². The van der Waals surface area contributed by atoms with Gasteiger partial charge in [-0.2, -0.15) is 0 Å². The first-order chi connectivity index (χ1) is 10.5. The Morgan fingerprint density at radius 2 is 1.96 bits per heavy atom. The minimum absolute atomic E-state index is 0.0526. The molecule has 7 heteroatoms. The Kier molecular flexibility index (Phi) is 6.44. The van der Waals surface area contributed by atoms with Crippen LogP contribution in [0.3, 0.4) is 0 Å². The van der Waals surface area contributed by atoms with E-state index in [0.29, 0.717) is 31.2 Å². The standard InChI is InChI=1S/C16H22F3NO3/c1-11(10-15(2,20)14(21)22)6-5-8-12-7-3-4-9-13(12)23-16(17,18)19/h3-4,7,9,11H,5-6,8,10,20H2,1-2H3,(H,21,22). The first kappa shape index (κ1) is 19.3. The summed E-state index contributed by atoms with van der Waals surface area (Å²) in [7, 11) is 0. The molecule has 3 N–H and O–H groups in total. The molecule has 0 spiro atoms. The third kappa shape index (κ3) is 6.90. The minimum Gasteiger partial charge on any atom is -0.480 e. The van der Waals surface area contributed by atoms with Gasteiger partial charge in [0, 0.05) is 0 Å². The van der Waals surface area contributed by atoms with Crippen molar-refractivity contribution in [3.63, 3.8) is 0 Å². The second-order valence-corrected chi connectivity index (χ2v) is 6.08. The Bertz CT molecular complexity index is 530. The van der Waals surface area contributed by atoms with Gasteiger partial charge < -0.3 is 15.6 Å². The van der Waals surface area contributed by atoms with Crippen LogP contribution >= 0.6 is 0 Å². The van der Waals surface area contributed by atoms with Crippen LogP contribution in [0.15, 0.2) is 24.3 Å². The number of rotatable bonds is 8. The van der Waals surface area contributed by atoms with Gasteiger partial charge in [0.15, 0.2) is 0 Å². The Balaban J connectivity index is 2.55. The van der Waals surface area contributed by atoms with E-state index in [1.807, 2.05) is 6.92 Å². The summed E-state index contributed by atoms with van der Waals surface area (Å²) in [4.78, 5) is 11.0. The predicted octanol–water partition coefficient (Wildman–Crippen LogP) is 3.74. The van der Waals surface area contributed by atoms with Crippen LogP contribution in [0.25, 0.3) is 0 Å². The third-order valence-electron chi connectivity index (χ3n) is 3.60. The van der Waals surface area contributed by atoms with Crippen molar-refractivity contribution in [3.8, 4) is 5.75 Å². The van der Waals surface area contributed by atoms with E-state index >= 15 is 0 Å². The highest BCUT2D eigenvalue weighted by Gasteiger charge is 2.32. The van der Waals surface area contributed by atoms with Gasteiger partial charge in [-0.15, -0.1) is 13.2 Å². The molecule has 0 bridgehead atoms. The zero-order valence-corrected chi connectivity index (χ0v) is 13.2. The van der Waals surface area contributed by atoms with Gasteiger partial charge in [-0.25, -0.2) is 0 Å². The molecule has 4 nitrogen and oxygen atoms in total. The number of halogens is 3. The number of carbonyl (C=O) groups is 1. The van der Waals surface area contributed by atoms with E-state index in [4.69, 9.17) is 10.8 Å². The van der Waals surface area contributed by atoms with Gasteiger partial charge in [0.2, 0.25) is 0 Å². The van der Waals surface area contributed by atoms with Gasteiger partial charge in [-0.05, 0) is 43.7 Å². The number of aryl methyl sites for hydroxylation is 1. The van der Waals surface area contributed by atoms with Crippen molar-refractivity contribution in [1.82, 2.24) is 0 Å². The van der Waals surface area contributed by atoms with Gasteiger partial charge in [-0.3, -0.25) is 4.79 Å². The van der Waals surface area contributed by atoms with Gasteiger partial charge in [0.05, 0.1) is 0 Å². The SMILES string of the molecule is CC(CCCc1ccccc1OC(F)(F)F)CC(C)(N)C(=O)O. The van der Waals surface area contributed by atoms with Crippen molar-refractivity contribution in [2.75, 3.05) is 0 Å². The normalized spacial score (nSPS) is 15.7. The van der Waals surface area contributed by atoms with E-state index in [1.165, 1.54) is 19.1 Å². The number of hydrogen-bond acceptors (Lipinski definition) is 3. The summed E-state index contributed by atoms with van der Waals surface area (Å²) < 4.78 is 41.0. The lowest BCUT2D eigenvalue weighted by atomic mass is 9.87. The van der Waals surface area contributed by atoms with Gasteiger partial charge in [0.25, 0.3) is 0 Å². The number of aliphatic carboxylic acids is 1. The molecule has 0 aliphatic heterocycles. The first-order valence-electron chi connectivity index (χ1n) is 7.37. The van der Waals surface area contributed by atoms with E-state index in [9.17, 15) is 18.0 Å². The lowest BCUT2D eigenvalue weighted by Crippen LogP contribution is -2.46.